The summed E-state index contributed by atoms with van der Waals surface area (Å²) in [6.45, 7) is 7.63. The van der Waals surface area contributed by atoms with Gasteiger partial charge in [-0.15, -0.1) is 0 Å². The van der Waals surface area contributed by atoms with E-state index in [0.717, 1.165) is 17.5 Å². The largest absolute Gasteiger partial charge is 0.386 e. The third kappa shape index (κ3) is 3.58. The van der Waals surface area contributed by atoms with E-state index in [9.17, 15) is 5.11 Å². The number of rotatable bonds is 4. The molecule has 0 aliphatic carbocycles. The molecule has 1 aromatic heterocycles. The Labute approximate surface area is 120 Å². The van der Waals surface area contributed by atoms with Crippen LogP contribution in [0.5, 0.6) is 0 Å². The maximum absolute atomic E-state index is 10.3. The van der Waals surface area contributed by atoms with E-state index in [1.54, 1.807) is 0 Å². The van der Waals surface area contributed by atoms with Crippen LogP contribution in [0.3, 0.4) is 0 Å². The number of anilines is 2. The molecule has 1 aromatic rings. The van der Waals surface area contributed by atoms with Gasteiger partial charge >= 0.3 is 0 Å². The molecule has 3 N–H and O–H groups in total. The van der Waals surface area contributed by atoms with E-state index in [1.165, 1.54) is 0 Å². The Bertz CT molecular complexity index is 465. The molecule has 1 aliphatic rings. The second-order valence-corrected chi connectivity index (χ2v) is 6.34. The number of nitrogens with zero attached hydrogens (tertiary/aromatic N) is 2. The first-order valence-electron chi connectivity index (χ1n) is 6.94. The predicted molar refractivity (Wildman–Crippen MR) is 79.2 cm³/mol. The summed E-state index contributed by atoms with van der Waals surface area (Å²) in [6, 6.07) is 1.84. The fraction of sp³-hybridized carbons (Fsp3) is 0.714. The van der Waals surface area contributed by atoms with Gasteiger partial charge in [-0.25, -0.2) is 9.97 Å². The number of aliphatic hydroxyl groups is 1. The highest BCUT2D eigenvalue weighted by atomic mass is 16.5. The summed E-state index contributed by atoms with van der Waals surface area (Å²) >= 11 is 0. The molecule has 6 heteroatoms. The first kappa shape index (κ1) is 15.0. The Morgan fingerprint density at radius 1 is 1.35 bits per heavy atom. The van der Waals surface area contributed by atoms with Gasteiger partial charge < -0.3 is 20.5 Å². The summed E-state index contributed by atoms with van der Waals surface area (Å²) in [5.74, 6) is 2.25. The van der Waals surface area contributed by atoms with Gasteiger partial charge in [-0.3, -0.25) is 0 Å². The lowest BCUT2D eigenvalue weighted by molar-refractivity contribution is 0.0381. The highest BCUT2D eigenvalue weighted by molar-refractivity contribution is 5.48. The molecule has 0 radical (unpaired) electrons. The lowest BCUT2D eigenvalue weighted by atomic mass is 9.96. The minimum absolute atomic E-state index is 0.128. The highest BCUT2D eigenvalue weighted by Crippen LogP contribution is 2.23. The van der Waals surface area contributed by atoms with E-state index in [-0.39, 0.29) is 5.41 Å². The van der Waals surface area contributed by atoms with Crippen LogP contribution in [-0.2, 0) is 10.2 Å². The Morgan fingerprint density at radius 3 is 2.60 bits per heavy atom. The first-order valence-corrected chi connectivity index (χ1v) is 6.94. The maximum atomic E-state index is 10.3. The highest BCUT2D eigenvalue weighted by Gasteiger charge is 2.32. The number of hydrogen-bond acceptors (Lipinski definition) is 6. The van der Waals surface area contributed by atoms with Crippen molar-refractivity contribution in [1.82, 2.24) is 9.97 Å². The van der Waals surface area contributed by atoms with Crippen LogP contribution in [0.2, 0.25) is 0 Å². The van der Waals surface area contributed by atoms with Crippen LogP contribution in [0.25, 0.3) is 0 Å². The van der Waals surface area contributed by atoms with Crippen LogP contribution in [0, 0.1) is 0 Å². The summed E-state index contributed by atoms with van der Waals surface area (Å²) in [4.78, 5) is 9.00. The lowest BCUT2D eigenvalue weighted by Crippen LogP contribution is -2.37. The predicted octanol–water partition coefficient (Wildman–Crippen LogP) is 1.38. The van der Waals surface area contributed by atoms with Gasteiger partial charge in [0.2, 0.25) is 0 Å². The van der Waals surface area contributed by atoms with E-state index in [0.29, 0.717) is 26.2 Å². The zero-order chi connectivity index (χ0) is 14.8. The summed E-state index contributed by atoms with van der Waals surface area (Å²) in [5.41, 5.74) is -0.927. The molecule has 2 rings (SSSR count). The molecule has 0 aromatic carbocycles. The number of hydrogen-bond donors (Lipinski definition) is 3. The maximum Gasteiger partial charge on any atom is 0.138 e. The van der Waals surface area contributed by atoms with Crippen molar-refractivity contribution in [3.05, 3.63) is 11.9 Å². The Hall–Kier alpha value is -1.40. The van der Waals surface area contributed by atoms with Gasteiger partial charge in [-0.1, -0.05) is 20.8 Å². The zero-order valence-corrected chi connectivity index (χ0v) is 12.7. The van der Waals surface area contributed by atoms with Gasteiger partial charge in [0, 0.05) is 38.1 Å². The number of aromatic nitrogens is 2. The monoisotopic (exact) mass is 280 g/mol. The summed E-state index contributed by atoms with van der Waals surface area (Å²) in [7, 11) is 1.83. The molecule has 0 saturated carbocycles. The molecule has 0 bridgehead atoms. The fourth-order valence-electron chi connectivity index (χ4n) is 1.99. The molecule has 0 spiro atoms. The summed E-state index contributed by atoms with van der Waals surface area (Å²) in [6.07, 6.45) is 0.649. The number of ether oxygens (including phenoxy) is 1. The van der Waals surface area contributed by atoms with Crippen LogP contribution in [0.4, 0.5) is 11.6 Å². The van der Waals surface area contributed by atoms with E-state index >= 15 is 0 Å². The van der Waals surface area contributed by atoms with Gasteiger partial charge in [0.1, 0.15) is 23.1 Å². The Morgan fingerprint density at radius 2 is 2.05 bits per heavy atom. The molecule has 0 amide bonds. The third-order valence-electron chi connectivity index (χ3n) is 3.33. The molecule has 20 heavy (non-hydrogen) atoms. The SMILES string of the molecule is CNc1cc(NCC2(O)CCOC2)nc(C(C)(C)C)n1. The van der Waals surface area contributed by atoms with Gasteiger partial charge in [0.05, 0.1) is 6.61 Å². The van der Waals surface area contributed by atoms with E-state index in [2.05, 4.69) is 41.4 Å². The normalized spacial score (nSPS) is 22.9. The van der Waals surface area contributed by atoms with Crippen molar-refractivity contribution in [2.75, 3.05) is 37.4 Å². The molecule has 1 fully saturated rings. The molecule has 112 valence electrons. The topological polar surface area (TPSA) is 79.3 Å². The van der Waals surface area contributed by atoms with Gasteiger partial charge in [-0.05, 0) is 0 Å². The van der Waals surface area contributed by atoms with E-state index < -0.39 is 5.60 Å². The lowest BCUT2D eigenvalue weighted by Gasteiger charge is -2.23. The van der Waals surface area contributed by atoms with Gasteiger partial charge in [-0.2, -0.15) is 0 Å². The van der Waals surface area contributed by atoms with Gasteiger partial charge in [0.15, 0.2) is 0 Å². The third-order valence-corrected chi connectivity index (χ3v) is 3.33. The summed E-state index contributed by atoms with van der Waals surface area (Å²) in [5, 5.41) is 16.5. The Balaban J connectivity index is 2.14. The van der Waals surface area contributed by atoms with Crippen molar-refractivity contribution >= 4 is 11.6 Å². The molecular weight excluding hydrogens is 256 g/mol. The second kappa shape index (κ2) is 5.54. The van der Waals surface area contributed by atoms with Crippen molar-refractivity contribution in [3.8, 4) is 0 Å². The van der Waals surface area contributed by atoms with E-state index in [1.807, 2.05) is 13.1 Å². The average molecular weight is 280 g/mol. The average Bonchev–Trinajstić information content (AvgIpc) is 2.82. The molecule has 1 unspecified atom stereocenters. The number of nitrogens with one attached hydrogen (secondary N) is 2. The van der Waals surface area contributed by atoms with Crippen LogP contribution >= 0.6 is 0 Å². The van der Waals surface area contributed by atoms with Crippen LogP contribution in [0.15, 0.2) is 6.07 Å². The molecule has 1 atom stereocenters. The van der Waals surface area contributed by atoms with Crippen LogP contribution in [-0.4, -0.2) is 47.5 Å². The quantitative estimate of drug-likeness (QED) is 0.773. The molecule has 6 nitrogen and oxygen atoms in total. The standard InChI is InChI=1S/C14H24N4O2/c1-13(2,3)12-17-10(15-4)7-11(18-12)16-8-14(19)5-6-20-9-14/h7,19H,5-6,8-9H2,1-4H3,(H2,15,16,17,18). The Kier molecular flexibility index (Phi) is 4.15. The van der Waals surface area contributed by atoms with E-state index in [4.69, 9.17) is 4.74 Å². The first-order chi connectivity index (χ1) is 9.32. The second-order valence-electron chi connectivity index (χ2n) is 6.34. The smallest absolute Gasteiger partial charge is 0.138 e. The van der Waals surface area contributed by atoms with Crippen molar-refractivity contribution in [1.29, 1.82) is 0 Å². The minimum Gasteiger partial charge on any atom is -0.386 e. The van der Waals surface area contributed by atoms with Crippen LogP contribution < -0.4 is 10.6 Å². The van der Waals surface area contributed by atoms with Crippen LogP contribution in [0.1, 0.15) is 33.0 Å². The van der Waals surface area contributed by atoms with Crippen molar-refractivity contribution in [2.24, 2.45) is 0 Å². The molecule has 1 aliphatic heterocycles. The minimum atomic E-state index is -0.799. The molecule has 2 heterocycles. The zero-order valence-electron chi connectivity index (χ0n) is 12.7. The van der Waals surface area contributed by atoms with Crippen molar-refractivity contribution < 1.29 is 9.84 Å². The van der Waals surface area contributed by atoms with Crippen molar-refractivity contribution in [2.45, 2.75) is 38.2 Å². The van der Waals surface area contributed by atoms with Crippen molar-refractivity contribution in [3.63, 3.8) is 0 Å². The molecule has 1 saturated heterocycles. The molecular formula is C14H24N4O2. The summed E-state index contributed by atoms with van der Waals surface area (Å²) < 4.78 is 5.24. The van der Waals surface area contributed by atoms with Gasteiger partial charge in [0.25, 0.3) is 0 Å². The fourth-order valence-corrected chi connectivity index (χ4v) is 1.99.